The van der Waals surface area contributed by atoms with Crippen molar-refractivity contribution < 1.29 is 0 Å². The Hall–Kier alpha value is -5.30. The van der Waals surface area contributed by atoms with E-state index >= 15 is 0 Å². The van der Waals surface area contributed by atoms with Crippen LogP contribution in [0, 0.1) is 5.92 Å². The summed E-state index contributed by atoms with van der Waals surface area (Å²) in [6.07, 6.45) is 9.03. The third kappa shape index (κ3) is 5.11. The number of nitrogens with zero attached hydrogens (tertiary/aromatic N) is 1. The summed E-state index contributed by atoms with van der Waals surface area (Å²) < 4.78 is 5.21. The van der Waals surface area contributed by atoms with Crippen molar-refractivity contribution in [2.75, 3.05) is 6.54 Å². The van der Waals surface area contributed by atoms with Crippen LogP contribution in [0.4, 0.5) is 0 Å². The van der Waals surface area contributed by atoms with Crippen LogP contribution < -0.4 is 16.6 Å². The smallest absolute Gasteiger partial charge is 0.131 e. The maximum Gasteiger partial charge on any atom is 0.131 e. The molecule has 3 unspecified atom stereocenters. The van der Waals surface area contributed by atoms with Crippen LogP contribution in [0.2, 0.25) is 0 Å². The molecular formula is C44H36N4S. The van der Waals surface area contributed by atoms with Crippen LogP contribution >= 0.6 is 11.3 Å². The molecule has 0 bridgehead atoms. The zero-order valence-corrected chi connectivity index (χ0v) is 27.8. The van der Waals surface area contributed by atoms with Crippen LogP contribution in [0.15, 0.2) is 170 Å². The monoisotopic (exact) mass is 652 g/mol. The number of nitrogens with two attached hydrogens (primary N) is 1. The van der Waals surface area contributed by atoms with E-state index in [0.717, 1.165) is 22.3 Å². The molecule has 4 nitrogen and oxygen atoms in total. The largest absolute Gasteiger partial charge is 0.332 e. The highest BCUT2D eigenvalue weighted by Crippen LogP contribution is 2.44. The predicted octanol–water partition coefficient (Wildman–Crippen LogP) is 10.1. The summed E-state index contributed by atoms with van der Waals surface area (Å²) in [5.41, 5.74) is 20.5. The fourth-order valence-corrected chi connectivity index (χ4v) is 8.72. The molecule has 0 saturated heterocycles. The maximum atomic E-state index is 7.37. The molecule has 0 saturated carbocycles. The predicted molar refractivity (Wildman–Crippen MR) is 208 cm³/mol. The highest BCUT2D eigenvalue weighted by atomic mass is 32.1. The number of hydrazine groups is 1. The molecule has 1 aliphatic carbocycles. The zero-order chi connectivity index (χ0) is 32.8. The molecular weight excluding hydrogens is 617 g/mol. The van der Waals surface area contributed by atoms with Gasteiger partial charge in [-0.1, -0.05) is 146 Å². The minimum absolute atomic E-state index is 0.0938. The van der Waals surface area contributed by atoms with Crippen LogP contribution in [0.1, 0.15) is 17.2 Å². The van der Waals surface area contributed by atoms with E-state index < -0.39 is 5.66 Å². The number of benzene rings is 6. The molecule has 0 radical (unpaired) electrons. The lowest BCUT2D eigenvalue weighted by molar-refractivity contribution is 0.318. The first-order chi connectivity index (χ1) is 24.2. The minimum atomic E-state index is -0.968. The highest BCUT2D eigenvalue weighted by Gasteiger charge is 2.31. The number of hydrogen-bond acceptors (Lipinski definition) is 4. The standard InChI is InChI=1S/C44H36N4S/c45-44(33-18-5-2-6-19-33,34-20-13-17-31(28-34)30-14-3-1-4-15-30)47-46-29-32-16-7-10-23-38(32)48-39-24-11-8-21-35(39)36-26-27-41-42(43(36)48)37-22-9-12-25-40(37)49-41/h1-28,32,38,46-47H,29,45H2. The number of para-hydroxylation sites is 1. The van der Waals surface area contributed by atoms with E-state index in [1.807, 2.05) is 35.6 Å². The molecule has 3 atom stereocenters. The number of rotatable bonds is 8. The minimum Gasteiger partial charge on any atom is -0.332 e. The number of hydrogen-bond donors (Lipinski definition) is 3. The Morgan fingerprint density at radius 2 is 1.31 bits per heavy atom. The zero-order valence-electron chi connectivity index (χ0n) is 27.0. The van der Waals surface area contributed by atoms with Crippen molar-refractivity contribution in [3.63, 3.8) is 0 Å². The van der Waals surface area contributed by atoms with Crippen molar-refractivity contribution in [3.8, 4) is 11.1 Å². The van der Waals surface area contributed by atoms with E-state index in [0.29, 0.717) is 6.54 Å². The Kier molecular flexibility index (Phi) is 7.48. The van der Waals surface area contributed by atoms with Crippen molar-refractivity contribution in [1.82, 2.24) is 15.4 Å². The van der Waals surface area contributed by atoms with Gasteiger partial charge in [-0.2, -0.15) is 0 Å². The summed E-state index contributed by atoms with van der Waals surface area (Å²) >= 11 is 1.87. The van der Waals surface area contributed by atoms with E-state index in [9.17, 15) is 0 Å². The first-order valence-corrected chi connectivity index (χ1v) is 17.7. The lowest BCUT2D eigenvalue weighted by atomic mass is 9.90. The van der Waals surface area contributed by atoms with Gasteiger partial charge < -0.3 is 10.3 Å². The van der Waals surface area contributed by atoms with E-state index in [1.165, 1.54) is 42.0 Å². The summed E-state index contributed by atoms with van der Waals surface area (Å²) in [5, 5.41) is 5.23. The van der Waals surface area contributed by atoms with Crippen molar-refractivity contribution in [3.05, 3.63) is 181 Å². The number of nitrogens with one attached hydrogen (secondary N) is 2. The Labute approximate surface area is 289 Å². The number of aromatic nitrogens is 1. The van der Waals surface area contributed by atoms with Gasteiger partial charge in [0, 0.05) is 48.9 Å². The molecule has 238 valence electrons. The molecule has 1 aliphatic rings. The molecule has 0 fully saturated rings. The average molecular weight is 653 g/mol. The van der Waals surface area contributed by atoms with E-state index in [4.69, 9.17) is 5.73 Å². The summed E-state index contributed by atoms with van der Waals surface area (Å²) in [4.78, 5) is 0. The lowest BCUT2D eigenvalue weighted by Gasteiger charge is -2.34. The number of thiophene rings is 1. The second kappa shape index (κ2) is 12.3. The summed E-state index contributed by atoms with van der Waals surface area (Å²) in [7, 11) is 0. The lowest BCUT2D eigenvalue weighted by Crippen LogP contribution is -2.58. The van der Waals surface area contributed by atoms with Gasteiger partial charge in [0.15, 0.2) is 0 Å². The van der Waals surface area contributed by atoms with E-state index in [1.54, 1.807) is 0 Å². The van der Waals surface area contributed by atoms with Gasteiger partial charge in [0.1, 0.15) is 5.66 Å². The molecule has 2 aromatic heterocycles. The van der Waals surface area contributed by atoms with Gasteiger partial charge in [-0.05, 0) is 46.5 Å². The second-order valence-corrected chi connectivity index (χ2v) is 14.0. The molecule has 6 aromatic carbocycles. The summed E-state index contributed by atoms with van der Waals surface area (Å²) in [6.45, 7) is 0.671. The molecule has 49 heavy (non-hydrogen) atoms. The van der Waals surface area contributed by atoms with Gasteiger partial charge in [0.2, 0.25) is 0 Å². The number of fused-ring (bicyclic) bond motifs is 7. The van der Waals surface area contributed by atoms with Crippen molar-refractivity contribution in [1.29, 1.82) is 0 Å². The van der Waals surface area contributed by atoms with Crippen molar-refractivity contribution in [2.24, 2.45) is 11.7 Å². The quantitative estimate of drug-likeness (QED) is 0.113. The second-order valence-electron chi connectivity index (χ2n) is 12.9. The van der Waals surface area contributed by atoms with Gasteiger partial charge >= 0.3 is 0 Å². The maximum absolute atomic E-state index is 7.37. The van der Waals surface area contributed by atoms with Gasteiger partial charge in [-0.25, -0.2) is 5.43 Å². The fraction of sp³-hybridized carbons (Fsp3) is 0.0909. The van der Waals surface area contributed by atoms with Crippen LogP contribution in [0.3, 0.4) is 0 Å². The molecule has 0 aliphatic heterocycles. The van der Waals surface area contributed by atoms with Gasteiger partial charge in [0.05, 0.1) is 11.6 Å². The third-order valence-corrected chi connectivity index (χ3v) is 11.1. The Morgan fingerprint density at radius 1 is 0.612 bits per heavy atom. The van der Waals surface area contributed by atoms with Crippen molar-refractivity contribution in [2.45, 2.75) is 11.7 Å². The molecule has 4 N–H and O–H groups in total. The van der Waals surface area contributed by atoms with Crippen LogP contribution in [0.25, 0.3) is 53.1 Å². The van der Waals surface area contributed by atoms with Crippen LogP contribution in [-0.4, -0.2) is 11.1 Å². The first-order valence-electron chi connectivity index (χ1n) is 16.9. The van der Waals surface area contributed by atoms with E-state index in [2.05, 4.69) is 161 Å². The summed E-state index contributed by atoms with van der Waals surface area (Å²) in [6, 6.07) is 51.6. The Morgan fingerprint density at radius 3 is 2.16 bits per heavy atom. The van der Waals surface area contributed by atoms with Gasteiger partial charge in [0.25, 0.3) is 0 Å². The Bertz CT molecular complexity index is 2510. The molecule has 0 amide bonds. The third-order valence-electron chi connectivity index (χ3n) is 10.0. The topological polar surface area (TPSA) is 55.0 Å². The SMILES string of the molecule is NC(NNCC1C=CC=CC1n1c2ccccc2c2ccc3sc4ccccc4c3c21)(c1ccccc1)c1cccc(-c2ccccc2)c1. The highest BCUT2D eigenvalue weighted by molar-refractivity contribution is 7.26. The molecule has 2 heterocycles. The van der Waals surface area contributed by atoms with Crippen molar-refractivity contribution >= 4 is 53.3 Å². The van der Waals surface area contributed by atoms with Gasteiger partial charge in [-0.15, -0.1) is 11.3 Å². The molecule has 5 heteroatoms. The molecule has 0 spiro atoms. The Balaban J connectivity index is 1.10. The molecule has 8 aromatic rings. The number of allylic oxidation sites excluding steroid dienone is 3. The van der Waals surface area contributed by atoms with Gasteiger partial charge in [-0.3, -0.25) is 5.43 Å². The van der Waals surface area contributed by atoms with Crippen LogP contribution in [0.5, 0.6) is 0 Å². The average Bonchev–Trinajstić information content (AvgIpc) is 3.71. The van der Waals surface area contributed by atoms with Crippen LogP contribution in [-0.2, 0) is 5.66 Å². The summed E-state index contributed by atoms with van der Waals surface area (Å²) in [5.74, 6) is 0.160. The van der Waals surface area contributed by atoms with E-state index in [-0.39, 0.29) is 12.0 Å². The molecule has 9 rings (SSSR count). The normalized spacial score (nSPS) is 17.3. The first kappa shape index (κ1) is 29.8. The fourth-order valence-electron chi connectivity index (χ4n) is 7.61.